The number of ether oxygens (including phenoxy) is 1. The monoisotopic (exact) mass is 470 g/mol. The summed E-state index contributed by atoms with van der Waals surface area (Å²) < 4.78 is 5.42. The van der Waals surface area contributed by atoms with Crippen LogP contribution in [0.3, 0.4) is 0 Å². The molecule has 1 atom stereocenters. The number of hydrogen-bond acceptors (Lipinski definition) is 5. The molecule has 1 aliphatic heterocycles. The maximum atomic E-state index is 13.3. The second-order valence-corrected chi connectivity index (χ2v) is 8.97. The Labute approximate surface area is 208 Å². The first-order valence-corrected chi connectivity index (χ1v) is 11.6. The van der Waals surface area contributed by atoms with E-state index >= 15 is 0 Å². The molecule has 35 heavy (non-hydrogen) atoms. The molecule has 1 amide bonds. The van der Waals surface area contributed by atoms with Crippen molar-refractivity contribution in [1.82, 2.24) is 15.2 Å². The third-order valence-corrected chi connectivity index (χ3v) is 6.02. The zero-order valence-corrected chi connectivity index (χ0v) is 20.0. The van der Waals surface area contributed by atoms with Gasteiger partial charge in [0.25, 0.3) is 5.91 Å². The van der Waals surface area contributed by atoms with Crippen LogP contribution in [0.2, 0.25) is 0 Å². The predicted molar refractivity (Wildman–Crippen MR) is 140 cm³/mol. The largest absolute Gasteiger partial charge is 0.379 e. The average molecular weight is 471 g/mol. The van der Waals surface area contributed by atoms with Gasteiger partial charge in [0.05, 0.1) is 30.5 Å². The number of benzene rings is 2. The number of carbonyl (C=O) groups is 1. The molecule has 0 unspecified atom stereocenters. The summed E-state index contributed by atoms with van der Waals surface area (Å²) in [5.74, 6) is -0.137. The van der Waals surface area contributed by atoms with Gasteiger partial charge in [-0.2, -0.15) is 5.26 Å². The van der Waals surface area contributed by atoms with Gasteiger partial charge in [-0.25, -0.2) is 0 Å². The van der Waals surface area contributed by atoms with E-state index in [2.05, 4.69) is 21.3 Å². The summed E-state index contributed by atoms with van der Waals surface area (Å²) in [6, 6.07) is 17.7. The van der Waals surface area contributed by atoms with Crippen molar-refractivity contribution in [3.8, 4) is 28.5 Å². The number of nitrogens with zero attached hydrogens (tertiary/aromatic N) is 3. The molecule has 3 aromatic rings. The average Bonchev–Trinajstić information content (AvgIpc) is 2.84. The lowest BCUT2D eigenvalue weighted by molar-refractivity contribution is 0.0342. The SMILES string of the molecule is C.Cc1ccc(-c2cc(C(=O)N[C@H](C)CN3CCOCC3)cc(-c3cc(C)ccc3C#N)c2)nc1. The summed E-state index contributed by atoms with van der Waals surface area (Å²) >= 11 is 0. The van der Waals surface area contributed by atoms with E-state index in [1.54, 1.807) is 0 Å². The molecular weight excluding hydrogens is 436 g/mol. The first kappa shape index (κ1) is 26.1. The molecule has 6 nitrogen and oxygen atoms in total. The fourth-order valence-corrected chi connectivity index (χ4v) is 4.22. The molecular formula is C29H34N4O2. The van der Waals surface area contributed by atoms with Crippen LogP contribution in [0.5, 0.6) is 0 Å². The minimum Gasteiger partial charge on any atom is -0.379 e. The molecule has 1 fully saturated rings. The van der Waals surface area contributed by atoms with Crippen molar-refractivity contribution in [2.24, 2.45) is 0 Å². The molecule has 0 spiro atoms. The lowest BCUT2D eigenvalue weighted by Gasteiger charge is -2.29. The second-order valence-electron chi connectivity index (χ2n) is 8.97. The predicted octanol–water partition coefficient (Wildman–Crippen LogP) is 4.99. The number of pyridine rings is 1. The van der Waals surface area contributed by atoms with Crippen molar-refractivity contribution >= 4 is 5.91 Å². The molecule has 0 saturated carbocycles. The van der Waals surface area contributed by atoms with Crippen molar-refractivity contribution in [1.29, 1.82) is 5.26 Å². The Morgan fingerprint density at radius 2 is 1.80 bits per heavy atom. The number of morpholine rings is 1. The second kappa shape index (κ2) is 11.7. The van der Waals surface area contributed by atoms with Gasteiger partial charge in [0, 0.05) is 43.0 Å². The molecule has 2 heterocycles. The van der Waals surface area contributed by atoms with Crippen molar-refractivity contribution in [3.63, 3.8) is 0 Å². The summed E-state index contributed by atoms with van der Waals surface area (Å²) in [6.07, 6.45) is 1.82. The highest BCUT2D eigenvalue weighted by Gasteiger charge is 2.18. The van der Waals surface area contributed by atoms with Crippen LogP contribution >= 0.6 is 0 Å². The standard InChI is InChI=1S/C28H30N4O2.CH4/c1-19-4-6-22(16-29)26(12-19)23-13-24(27-7-5-20(2)17-30-27)15-25(14-23)28(33)31-21(3)18-32-8-10-34-11-9-32;/h4-7,12-15,17,21H,8-11,18H2,1-3H3,(H,31,33);1H4/t21-;/m1./s1. The Hall–Kier alpha value is -3.53. The van der Waals surface area contributed by atoms with Crippen molar-refractivity contribution < 1.29 is 9.53 Å². The highest BCUT2D eigenvalue weighted by Crippen LogP contribution is 2.30. The minimum atomic E-state index is -0.137. The Kier molecular flexibility index (Phi) is 8.75. The quantitative estimate of drug-likeness (QED) is 0.549. The van der Waals surface area contributed by atoms with Crippen LogP contribution in [0.25, 0.3) is 22.4 Å². The van der Waals surface area contributed by atoms with Crippen LogP contribution in [0.15, 0.2) is 54.7 Å². The molecule has 1 aromatic heterocycles. The Morgan fingerprint density at radius 3 is 2.49 bits per heavy atom. The van der Waals surface area contributed by atoms with Crippen LogP contribution < -0.4 is 5.32 Å². The van der Waals surface area contributed by atoms with E-state index in [9.17, 15) is 10.1 Å². The number of aromatic nitrogens is 1. The van der Waals surface area contributed by atoms with Crippen LogP contribution in [0.4, 0.5) is 0 Å². The van der Waals surface area contributed by atoms with Gasteiger partial charge in [0.1, 0.15) is 0 Å². The van der Waals surface area contributed by atoms with Crippen molar-refractivity contribution in [3.05, 3.63) is 77.0 Å². The topological polar surface area (TPSA) is 78.3 Å². The summed E-state index contributed by atoms with van der Waals surface area (Å²) in [5, 5.41) is 12.8. The third-order valence-electron chi connectivity index (χ3n) is 6.02. The first-order chi connectivity index (χ1) is 16.4. The molecule has 1 N–H and O–H groups in total. The van der Waals surface area contributed by atoms with Gasteiger partial charge in [-0.05, 0) is 67.8 Å². The summed E-state index contributed by atoms with van der Waals surface area (Å²) in [7, 11) is 0. The first-order valence-electron chi connectivity index (χ1n) is 11.6. The summed E-state index contributed by atoms with van der Waals surface area (Å²) in [5.41, 5.74) is 6.51. The van der Waals surface area contributed by atoms with Crippen LogP contribution in [0.1, 0.15) is 41.4 Å². The van der Waals surface area contributed by atoms with E-state index in [1.165, 1.54) is 0 Å². The van der Waals surface area contributed by atoms with E-state index < -0.39 is 0 Å². The number of nitriles is 1. The van der Waals surface area contributed by atoms with Gasteiger partial charge < -0.3 is 10.1 Å². The van der Waals surface area contributed by atoms with Gasteiger partial charge in [0.2, 0.25) is 0 Å². The Morgan fingerprint density at radius 1 is 1.09 bits per heavy atom. The van der Waals surface area contributed by atoms with Gasteiger partial charge in [-0.15, -0.1) is 0 Å². The number of hydrogen-bond donors (Lipinski definition) is 1. The lowest BCUT2D eigenvalue weighted by atomic mass is 9.93. The Balaban J connectivity index is 0.00000342. The Bertz CT molecular complexity index is 1210. The molecule has 0 aliphatic carbocycles. The summed E-state index contributed by atoms with van der Waals surface area (Å²) in [6.45, 7) is 10.0. The van der Waals surface area contributed by atoms with Gasteiger partial charge in [0.15, 0.2) is 0 Å². The van der Waals surface area contributed by atoms with E-state index in [1.807, 2.05) is 75.5 Å². The number of aryl methyl sites for hydroxylation is 2. The molecule has 4 rings (SSSR count). The number of rotatable bonds is 6. The van der Waals surface area contributed by atoms with Gasteiger partial charge >= 0.3 is 0 Å². The number of amides is 1. The maximum Gasteiger partial charge on any atom is 0.251 e. The number of carbonyl (C=O) groups excluding carboxylic acids is 1. The molecule has 1 aliphatic rings. The van der Waals surface area contributed by atoms with Crippen LogP contribution in [-0.2, 0) is 4.74 Å². The lowest BCUT2D eigenvalue weighted by Crippen LogP contribution is -2.46. The van der Waals surface area contributed by atoms with E-state index in [0.717, 1.165) is 66.4 Å². The van der Waals surface area contributed by atoms with E-state index in [0.29, 0.717) is 11.1 Å². The molecule has 2 aromatic carbocycles. The highest BCUT2D eigenvalue weighted by molar-refractivity contribution is 5.97. The van der Waals surface area contributed by atoms with E-state index in [4.69, 9.17) is 4.74 Å². The fraction of sp³-hybridized carbons (Fsp3) is 0.345. The fourth-order valence-electron chi connectivity index (χ4n) is 4.22. The van der Waals surface area contributed by atoms with Gasteiger partial charge in [-0.1, -0.05) is 31.2 Å². The molecule has 1 saturated heterocycles. The van der Waals surface area contributed by atoms with Crippen molar-refractivity contribution in [2.75, 3.05) is 32.8 Å². The normalized spacial score (nSPS) is 14.5. The zero-order chi connectivity index (χ0) is 24.1. The summed E-state index contributed by atoms with van der Waals surface area (Å²) in [4.78, 5) is 20.2. The molecule has 182 valence electrons. The highest BCUT2D eigenvalue weighted by atomic mass is 16.5. The zero-order valence-electron chi connectivity index (χ0n) is 20.0. The van der Waals surface area contributed by atoms with Crippen LogP contribution in [-0.4, -0.2) is 54.7 Å². The maximum absolute atomic E-state index is 13.3. The van der Waals surface area contributed by atoms with Crippen LogP contribution in [0, 0.1) is 25.2 Å². The number of nitrogens with one attached hydrogen (secondary N) is 1. The van der Waals surface area contributed by atoms with Crippen molar-refractivity contribution in [2.45, 2.75) is 34.2 Å². The molecule has 0 bridgehead atoms. The van der Waals surface area contributed by atoms with Gasteiger partial charge in [-0.3, -0.25) is 14.7 Å². The minimum absolute atomic E-state index is 0. The third kappa shape index (κ3) is 6.54. The smallest absolute Gasteiger partial charge is 0.251 e. The molecule has 6 heteroatoms. The molecule has 0 radical (unpaired) electrons. The van der Waals surface area contributed by atoms with E-state index in [-0.39, 0.29) is 19.4 Å².